The van der Waals surface area contributed by atoms with Crippen LogP contribution in [-0.4, -0.2) is 68.4 Å². The molecule has 0 spiro atoms. The summed E-state index contributed by atoms with van der Waals surface area (Å²) >= 11 is 0. The number of nitrogens with zero attached hydrogens (tertiary/aromatic N) is 2. The highest BCUT2D eigenvalue weighted by atomic mass is 16.5. The van der Waals surface area contributed by atoms with Gasteiger partial charge in [0.25, 0.3) is 0 Å². The van der Waals surface area contributed by atoms with Crippen molar-refractivity contribution >= 4 is 17.0 Å². The molecule has 3 saturated heterocycles. The average molecular weight is 665 g/mol. The summed E-state index contributed by atoms with van der Waals surface area (Å²) in [7, 11) is 0. The van der Waals surface area contributed by atoms with Gasteiger partial charge in [-0.25, -0.2) is 4.79 Å². The molecule has 0 aliphatic carbocycles. The van der Waals surface area contributed by atoms with Crippen LogP contribution in [0, 0.1) is 5.92 Å². The minimum Gasteiger partial charge on any atom is -0.506 e. The first-order valence-electron chi connectivity index (χ1n) is 16.7. The number of aliphatic hydroxyl groups excluding tert-OH is 1. The molecule has 3 aromatic carbocycles. The minimum absolute atomic E-state index is 0.0589. The van der Waals surface area contributed by atoms with E-state index in [-0.39, 0.29) is 36.0 Å². The van der Waals surface area contributed by atoms with E-state index in [4.69, 9.17) is 9.15 Å². The van der Waals surface area contributed by atoms with E-state index in [1.807, 2.05) is 66.7 Å². The van der Waals surface area contributed by atoms with Gasteiger partial charge in [0, 0.05) is 24.5 Å². The zero-order valence-corrected chi connectivity index (χ0v) is 27.0. The molecule has 0 radical (unpaired) electrons. The van der Waals surface area contributed by atoms with Gasteiger partial charge in [0.1, 0.15) is 29.6 Å². The van der Waals surface area contributed by atoms with Gasteiger partial charge < -0.3 is 39.7 Å². The minimum atomic E-state index is -0.920. The molecule has 5 N–H and O–H groups in total. The van der Waals surface area contributed by atoms with Crippen molar-refractivity contribution in [1.82, 2.24) is 20.1 Å². The number of aromatic amines is 1. The Morgan fingerprint density at radius 2 is 1.76 bits per heavy atom. The molecule has 1 amide bonds. The largest absolute Gasteiger partial charge is 0.506 e. The predicted octanol–water partition coefficient (Wildman–Crippen LogP) is 5.39. The molecule has 11 nitrogen and oxygen atoms in total. The number of hydrogen-bond acceptors (Lipinski definition) is 8. The highest BCUT2D eigenvalue weighted by Crippen LogP contribution is 2.39. The van der Waals surface area contributed by atoms with Crippen LogP contribution in [0.25, 0.3) is 10.9 Å². The number of nitrogens with one attached hydrogen (secondary N) is 2. The van der Waals surface area contributed by atoms with Crippen LogP contribution in [0.2, 0.25) is 0 Å². The fourth-order valence-corrected chi connectivity index (χ4v) is 7.36. The molecule has 254 valence electrons. The molecule has 3 fully saturated rings. The summed E-state index contributed by atoms with van der Waals surface area (Å²) in [5, 5.41) is 35.3. The van der Waals surface area contributed by atoms with E-state index in [2.05, 4.69) is 15.2 Å². The first-order chi connectivity index (χ1) is 23.8. The molecular weight excluding hydrogens is 624 g/mol. The summed E-state index contributed by atoms with van der Waals surface area (Å²) in [6.07, 6.45) is 0.218. The zero-order valence-electron chi connectivity index (χ0n) is 27.0. The van der Waals surface area contributed by atoms with Gasteiger partial charge in [-0.3, -0.25) is 9.69 Å². The van der Waals surface area contributed by atoms with E-state index >= 15 is 0 Å². The van der Waals surface area contributed by atoms with Gasteiger partial charge in [0.2, 0.25) is 5.56 Å². The van der Waals surface area contributed by atoms with Crippen LogP contribution in [0.3, 0.4) is 0 Å². The average Bonchev–Trinajstić information content (AvgIpc) is 3.58. The Hall–Kier alpha value is -5.10. The summed E-state index contributed by atoms with van der Waals surface area (Å²) in [5.74, 6) is 2.18. The highest BCUT2D eigenvalue weighted by molar-refractivity contribution is 5.87. The van der Waals surface area contributed by atoms with Gasteiger partial charge in [0.15, 0.2) is 0 Å². The molecule has 3 aliphatic heterocycles. The van der Waals surface area contributed by atoms with Crippen molar-refractivity contribution in [3.8, 4) is 11.5 Å². The highest BCUT2D eigenvalue weighted by Gasteiger charge is 2.43. The second-order valence-corrected chi connectivity index (χ2v) is 12.9. The second kappa shape index (κ2) is 14.2. The van der Waals surface area contributed by atoms with Crippen LogP contribution < -0.4 is 15.6 Å². The molecule has 8 rings (SSSR count). The molecule has 11 heteroatoms. The van der Waals surface area contributed by atoms with Gasteiger partial charge >= 0.3 is 6.09 Å². The number of furan rings is 1. The first-order valence-corrected chi connectivity index (χ1v) is 16.7. The smallest absolute Gasteiger partial charge is 0.408 e. The predicted molar refractivity (Wildman–Crippen MR) is 183 cm³/mol. The van der Waals surface area contributed by atoms with Crippen molar-refractivity contribution in [3.63, 3.8) is 0 Å². The van der Waals surface area contributed by atoms with E-state index in [9.17, 15) is 24.9 Å². The van der Waals surface area contributed by atoms with Crippen molar-refractivity contribution in [2.45, 2.75) is 44.2 Å². The molecule has 2 aromatic heterocycles. The summed E-state index contributed by atoms with van der Waals surface area (Å²) in [6, 6.07) is 26.6. The van der Waals surface area contributed by atoms with Gasteiger partial charge in [-0.15, -0.1) is 0 Å². The third kappa shape index (κ3) is 7.05. The number of carboxylic acid groups (broad SMARTS) is 1. The lowest BCUT2D eigenvalue weighted by atomic mass is 9.81. The molecule has 1 unspecified atom stereocenters. The quantitative estimate of drug-likeness (QED) is 0.118. The van der Waals surface area contributed by atoms with Crippen molar-refractivity contribution in [2.24, 2.45) is 5.92 Å². The molecule has 49 heavy (non-hydrogen) atoms. The van der Waals surface area contributed by atoms with Gasteiger partial charge in [0.05, 0.1) is 30.2 Å². The van der Waals surface area contributed by atoms with Gasteiger partial charge in [-0.05, 0) is 84.9 Å². The summed E-state index contributed by atoms with van der Waals surface area (Å²) in [5.41, 5.74) is 2.30. The van der Waals surface area contributed by atoms with E-state index < -0.39 is 18.2 Å². The van der Waals surface area contributed by atoms with E-state index in [1.165, 1.54) is 12.1 Å². The van der Waals surface area contributed by atoms with Crippen molar-refractivity contribution in [2.75, 3.05) is 26.2 Å². The van der Waals surface area contributed by atoms with E-state index in [0.29, 0.717) is 40.7 Å². The number of rotatable bonds is 12. The van der Waals surface area contributed by atoms with E-state index in [1.54, 1.807) is 17.0 Å². The maximum atomic E-state index is 12.9. The lowest BCUT2D eigenvalue weighted by Crippen LogP contribution is -2.59. The van der Waals surface area contributed by atoms with Crippen LogP contribution in [0.15, 0.2) is 100 Å². The van der Waals surface area contributed by atoms with Gasteiger partial charge in [-0.1, -0.05) is 48.5 Å². The Morgan fingerprint density at radius 1 is 0.980 bits per heavy atom. The van der Waals surface area contributed by atoms with Crippen molar-refractivity contribution < 1.29 is 29.3 Å². The number of benzene rings is 3. The zero-order chi connectivity index (χ0) is 33.9. The van der Waals surface area contributed by atoms with Crippen molar-refractivity contribution in [3.05, 3.63) is 130 Å². The normalized spacial score (nSPS) is 19.8. The molecular formula is C38H40N4O7. The van der Waals surface area contributed by atoms with Crippen LogP contribution >= 0.6 is 0 Å². The number of phenolic OH excluding ortho intramolecular Hbond substituents is 1. The third-order valence-electron chi connectivity index (χ3n) is 9.77. The number of aromatic nitrogens is 1. The fraction of sp³-hybridized carbons (Fsp3) is 0.316. The number of piperidine rings is 3. The second-order valence-electron chi connectivity index (χ2n) is 12.9. The van der Waals surface area contributed by atoms with Gasteiger partial charge in [-0.2, -0.15) is 0 Å². The molecule has 5 aromatic rings. The molecule has 3 atom stereocenters. The topological polar surface area (TPSA) is 152 Å². The summed E-state index contributed by atoms with van der Waals surface area (Å²) in [4.78, 5) is 31.3. The number of H-pyrrole nitrogens is 1. The van der Waals surface area contributed by atoms with Crippen LogP contribution in [0.4, 0.5) is 4.79 Å². The Bertz CT molecular complexity index is 1970. The maximum absolute atomic E-state index is 12.9. The number of ether oxygens (including phenoxy) is 1. The Balaban J connectivity index is 1.01. The number of aliphatic hydroxyl groups is 1. The Labute approximate surface area is 283 Å². The van der Waals surface area contributed by atoms with Crippen molar-refractivity contribution in [1.29, 1.82) is 0 Å². The first kappa shape index (κ1) is 32.4. The van der Waals surface area contributed by atoms with Crippen LogP contribution in [0.5, 0.6) is 11.5 Å². The maximum Gasteiger partial charge on any atom is 0.408 e. The number of amides is 1. The molecule has 2 bridgehead atoms. The number of fused-ring (bicyclic) bond motifs is 4. The fourth-order valence-electron chi connectivity index (χ4n) is 7.36. The lowest BCUT2D eigenvalue weighted by molar-refractivity contribution is -0.000813. The molecule has 3 aliphatic rings. The summed E-state index contributed by atoms with van der Waals surface area (Å²) in [6.45, 7) is 3.57. The van der Waals surface area contributed by atoms with Crippen LogP contribution in [-0.2, 0) is 13.2 Å². The Kier molecular flexibility index (Phi) is 9.38. The number of phenols is 1. The SMILES string of the molecule is O=C(O)N(C(c1ccccc1)c1cccc(OCc2ccc(CNC[C@@H](O)c3ccc(O)c4[nH]c(=O)ccc34)o2)c1)[C@H]1CN2CCC1CC2. The molecule has 5 heterocycles. The van der Waals surface area contributed by atoms with Crippen LogP contribution in [0.1, 0.15) is 53.2 Å². The number of pyridine rings is 1. The lowest BCUT2D eigenvalue weighted by Gasteiger charge is -2.50. The number of aromatic hydroxyl groups is 1. The molecule has 0 saturated carbocycles. The number of carbonyl (C=O) groups is 1. The monoisotopic (exact) mass is 664 g/mol. The third-order valence-corrected chi connectivity index (χ3v) is 9.77. The summed E-state index contributed by atoms with van der Waals surface area (Å²) < 4.78 is 12.1. The number of hydrogen-bond donors (Lipinski definition) is 5. The van der Waals surface area contributed by atoms with E-state index in [0.717, 1.165) is 43.6 Å². The standard InChI is InChI=1S/C38H40N4O7/c43-33-13-11-30(31-12-14-35(45)40-36(31)33)34(44)21-39-20-28-9-10-29(49-28)23-48-27-8-4-7-26(19-27)37(25-5-2-1-3-6-25)42(38(46)47)32-22-41-17-15-24(32)16-18-41/h1-14,19,24,32,34,37,39,43-44H,15-18,20-23H2,(H,40,45)(H,46,47)/t32-,34+,37?/m0/s1. The Morgan fingerprint density at radius 3 is 2.51 bits per heavy atom.